The van der Waals surface area contributed by atoms with Crippen molar-refractivity contribution in [2.24, 2.45) is 0 Å². The summed E-state index contributed by atoms with van der Waals surface area (Å²) in [7, 11) is 0. The van der Waals surface area contributed by atoms with Crippen LogP contribution in [0, 0.1) is 36.5 Å². The molecule has 0 spiro atoms. The summed E-state index contributed by atoms with van der Waals surface area (Å²) in [5, 5.41) is 59.1. The molecule has 0 atom stereocenters. The molecular formula is C41H44N8O6. The third kappa shape index (κ3) is 9.01. The highest BCUT2D eigenvalue weighted by Gasteiger charge is 2.24. The minimum atomic E-state index is -1.19. The first-order chi connectivity index (χ1) is 25.4. The summed E-state index contributed by atoms with van der Waals surface area (Å²) in [6, 6.07) is 15.4. The highest BCUT2D eigenvalue weighted by atomic mass is 16.5. The van der Waals surface area contributed by atoms with E-state index in [0.29, 0.717) is 16.6 Å². The van der Waals surface area contributed by atoms with Crippen LogP contribution < -0.4 is 0 Å². The van der Waals surface area contributed by atoms with Crippen molar-refractivity contribution >= 4 is 33.7 Å². The van der Waals surface area contributed by atoms with Crippen molar-refractivity contribution in [3.63, 3.8) is 0 Å². The maximum atomic E-state index is 12.0. The fourth-order valence-corrected chi connectivity index (χ4v) is 6.07. The number of carboxylic acids is 1. The van der Waals surface area contributed by atoms with E-state index in [9.17, 15) is 30.3 Å². The van der Waals surface area contributed by atoms with E-state index < -0.39 is 23.1 Å². The van der Waals surface area contributed by atoms with E-state index in [2.05, 4.69) is 20.2 Å². The summed E-state index contributed by atoms with van der Waals surface area (Å²) < 4.78 is 7.80. The van der Waals surface area contributed by atoms with Gasteiger partial charge >= 0.3 is 11.9 Å². The van der Waals surface area contributed by atoms with Gasteiger partial charge in [0, 0.05) is 34.3 Å². The Morgan fingerprint density at radius 1 is 0.727 bits per heavy atom. The molecule has 0 amide bonds. The van der Waals surface area contributed by atoms with E-state index in [1.54, 1.807) is 47.0 Å². The van der Waals surface area contributed by atoms with Gasteiger partial charge in [-0.05, 0) is 107 Å². The molecule has 4 heterocycles. The Bertz CT molecular complexity index is 2490. The largest absolute Gasteiger partial charge is 0.478 e. The zero-order valence-electron chi connectivity index (χ0n) is 31.0. The number of hydrogen-bond acceptors (Lipinski definition) is 11. The van der Waals surface area contributed by atoms with Crippen molar-refractivity contribution in [3.05, 3.63) is 117 Å². The number of carboxylic acid groups (broad SMARTS) is 1. The van der Waals surface area contributed by atoms with E-state index in [1.807, 2.05) is 62.4 Å². The first-order valence-corrected chi connectivity index (χ1v) is 17.0. The Hall–Kier alpha value is -6.48. The van der Waals surface area contributed by atoms with Crippen LogP contribution in [0.4, 0.5) is 0 Å². The zero-order chi connectivity index (χ0) is 39.5. The molecule has 6 rings (SSSR count). The van der Waals surface area contributed by atoms with Crippen molar-refractivity contribution in [2.75, 3.05) is 6.61 Å². The molecule has 2 aromatic carbocycles. The number of nitriles is 2. The summed E-state index contributed by atoms with van der Waals surface area (Å²) in [6.07, 6.45) is 6.03. The van der Waals surface area contributed by atoms with Gasteiger partial charge in [0.05, 0.1) is 54.3 Å². The summed E-state index contributed by atoms with van der Waals surface area (Å²) in [5.74, 6) is -1.76. The Morgan fingerprint density at radius 3 is 1.53 bits per heavy atom. The fourth-order valence-electron chi connectivity index (χ4n) is 6.07. The number of carbonyl (C=O) groups excluding carboxylic acids is 1. The molecule has 6 aromatic rings. The van der Waals surface area contributed by atoms with Crippen molar-refractivity contribution < 1.29 is 29.6 Å². The van der Waals surface area contributed by atoms with Gasteiger partial charge in [-0.15, -0.1) is 0 Å². The standard InChI is InChI=1S/C21H22N4O3.C19H18N4O3.CH4/c1-5-28-20(26)16-11-24-25(18(16)9-22)12-14-7-15-6-13(2)10-23-19(15)17(8-14)21(3,4)27;1-11-4-13-5-12(6-15(19(2,3)26)17(13)21-8-11)10-23-16(7-20)14(9-22-23)18(24)25;/h6-8,10-11,27H,5,12H2,1-4H3;4-6,8-9,26H,10H2,1-3H3,(H,24,25);1H4. The molecule has 3 N–H and O–H groups in total. The van der Waals surface area contributed by atoms with Gasteiger partial charge in [-0.2, -0.15) is 20.7 Å². The Morgan fingerprint density at radius 2 is 1.15 bits per heavy atom. The molecular weight excluding hydrogens is 701 g/mol. The first-order valence-electron chi connectivity index (χ1n) is 17.0. The van der Waals surface area contributed by atoms with Crippen LogP contribution in [0.25, 0.3) is 21.8 Å². The Kier molecular flexibility index (Phi) is 12.2. The number of carbonyl (C=O) groups is 2. The molecule has 0 saturated heterocycles. The summed E-state index contributed by atoms with van der Waals surface area (Å²) in [6.45, 7) is 13.1. The van der Waals surface area contributed by atoms with Gasteiger partial charge < -0.3 is 20.1 Å². The normalized spacial score (nSPS) is 11.3. The minimum Gasteiger partial charge on any atom is -0.478 e. The SMILES string of the molecule is C.CCOC(=O)c1cnn(Cc2cc(C(C)(C)O)c3ncc(C)cc3c2)c1C#N.Cc1cnc2c(C(C)(C)O)cc(Cn3ncc(C(=O)O)c3C#N)cc2c1. The second kappa shape index (κ2) is 16.3. The van der Waals surface area contributed by atoms with Gasteiger partial charge in [0.2, 0.25) is 0 Å². The fraction of sp³-hybridized carbons (Fsp3) is 0.317. The van der Waals surface area contributed by atoms with Crippen LogP contribution >= 0.6 is 0 Å². The second-order valence-electron chi connectivity index (χ2n) is 14.0. The van der Waals surface area contributed by atoms with Gasteiger partial charge in [-0.3, -0.25) is 9.97 Å². The summed E-state index contributed by atoms with van der Waals surface area (Å²) in [5.41, 5.74) is 4.37. The average molecular weight is 745 g/mol. The van der Waals surface area contributed by atoms with E-state index in [1.165, 1.54) is 21.8 Å². The van der Waals surface area contributed by atoms with Gasteiger partial charge in [0.15, 0.2) is 11.4 Å². The third-order valence-corrected chi connectivity index (χ3v) is 8.56. The van der Waals surface area contributed by atoms with Crippen molar-refractivity contribution in [1.29, 1.82) is 10.5 Å². The lowest BCUT2D eigenvalue weighted by molar-refractivity contribution is 0.0525. The number of fused-ring (bicyclic) bond motifs is 2. The van der Waals surface area contributed by atoms with E-state index in [0.717, 1.165) is 38.5 Å². The molecule has 0 aliphatic carbocycles. The summed E-state index contributed by atoms with van der Waals surface area (Å²) >= 11 is 0. The van der Waals surface area contributed by atoms with Crippen LogP contribution in [-0.4, -0.2) is 63.4 Å². The van der Waals surface area contributed by atoms with Crippen LogP contribution in [0.3, 0.4) is 0 Å². The quantitative estimate of drug-likeness (QED) is 0.139. The lowest BCUT2D eigenvalue weighted by atomic mass is 9.93. The topological polar surface area (TPSA) is 213 Å². The number of esters is 1. The van der Waals surface area contributed by atoms with E-state index in [-0.39, 0.29) is 49.6 Å². The Labute approximate surface area is 318 Å². The summed E-state index contributed by atoms with van der Waals surface area (Å²) in [4.78, 5) is 32.1. The average Bonchev–Trinajstić information content (AvgIpc) is 3.70. The number of ether oxygens (including phenoxy) is 1. The first kappa shape index (κ1) is 41.3. The number of benzene rings is 2. The molecule has 0 unspecified atom stereocenters. The van der Waals surface area contributed by atoms with Gasteiger partial charge in [0.25, 0.3) is 0 Å². The number of aromatic nitrogens is 6. The number of rotatable bonds is 9. The predicted molar refractivity (Wildman–Crippen MR) is 205 cm³/mol. The smallest absolute Gasteiger partial charge is 0.342 e. The number of pyridine rings is 2. The van der Waals surface area contributed by atoms with Crippen molar-refractivity contribution in [3.8, 4) is 12.1 Å². The molecule has 0 saturated carbocycles. The zero-order valence-corrected chi connectivity index (χ0v) is 31.0. The lowest BCUT2D eigenvalue weighted by Gasteiger charge is -2.21. The maximum absolute atomic E-state index is 12.0. The van der Waals surface area contributed by atoms with Gasteiger partial charge in [-0.25, -0.2) is 19.0 Å². The lowest BCUT2D eigenvalue weighted by Crippen LogP contribution is -2.17. The molecule has 0 radical (unpaired) electrons. The number of aromatic carboxylic acids is 1. The molecule has 14 nitrogen and oxygen atoms in total. The molecule has 55 heavy (non-hydrogen) atoms. The molecule has 0 aliphatic heterocycles. The molecule has 0 aliphatic rings. The Balaban J connectivity index is 0.000000241. The van der Waals surface area contributed by atoms with Crippen LogP contribution in [0.5, 0.6) is 0 Å². The third-order valence-electron chi connectivity index (χ3n) is 8.56. The monoisotopic (exact) mass is 744 g/mol. The highest BCUT2D eigenvalue weighted by Crippen LogP contribution is 2.31. The number of aliphatic hydroxyl groups is 2. The van der Waals surface area contributed by atoms with Crippen molar-refractivity contribution in [1.82, 2.24) is 29.5 Å². The molecule has 284 valence electrons. The number of hydrogen-bond donors (Lipinski definition) is 3. The molecule has 4 aromatic heterocycles. The maximum Gasteiger partial charge on any atom is 0.342 e. The number of nitrogens with zero attached hydrogens (tertiary/aromatic N) is 8. The van der Waals surface area contributed by atoms with Crippen LogP contribution in [0.2, 0.25) is 0 Å². The molecule has 14 heteroatoms. The van der Waals surface area contributed by atoms with E-state index in [4.69, 9.17) is 9.84 Å². The second-order valence-corrected chi connectivity index (χ2v) is 14.0. The minimum absolute atomic E-state index is 0. The number of aryl methyl sites for hydroxylation is 2. The van der Waals surface area contributed by atoms with Crippen LogP contribution in [0.1, 0.15) is 108 Å². The molecule has 0 fully saturated rings. The van der Waals surface area contributed by atoms with Crippen LogP contribution in [-0.2, 0) is 29.0 Å². The van der Waals surface area contributed by atoms with E-state index >= 15 is 0 Å². The predicted octanol–water partition coefficient (Wildman–Crippen LogP) is 6.29. The van der Waals surface area contributed by atoms with Gasteiger partial charge in [-0.1, -0.05) is 7.43 Å². The van der Waals surface area contributed by atoms with Crippen LogP contribution in [0.15, 0.2) is 61.2 Å². The highest BCUT2D eigenvalue weighted by molar-refractivity contribution is 5.91. The van der Waals surface area contributed by atoms with Gasteiger partial charge in [0.1, 0.15) is 23.3 Å². The van der Waals surface area contributed by atoms with Crippen molar-refractivity contribution in [2.45, 2.75) is 80.2 Å². The molecule has 0 bridgehead atoms.